The Balaban J connectivity index is 3.02. The van der Waals surface area contributed by atoms with Crippen LogP contribution in [0.2, 0.25) is 0 Å². The van der Waals surface area contributed by atoms with Gasteiger partial charge in [-0.2, -0.15) is 4.31 Å². The minimum Gasteiger partial charge on any atom is -0.444 e. The van der Waals surface area contributed by atoms with Gasteiger partial charge < -0.3 is 9.64 Å². The fourth-order valence-electron chi connectivity index (χ4n) is 3.02. The lowest BCUT2D eigenvalue weighted by atomic mass is 9.95. The molecular formula is C22H36BrFN2O4S. The molecule has 1 aromatic rings. The number of rotatable bonds is 9. The number of amides is 1. The van der Waals surface area contributed by atoms with Crippen molar-refractivity contribution in [3.8, 4) is 0 Å². The average molecular weight is 524 g/mol. The Morgan fingerprint density at radius 1 is 1.16 bits per heavy atom. The molecule has 178 valence electrons. The summed E-state index contributed by atoms with van der Waals surface area (Å²) in [5.41, 5.74) is -0.587. The van der Waals surface area contributed by atoms with E-state index in [1.807, 2.05) is 27.7 Å². The van der Waals surface area contributed by atoms with E-state index in [0.29, 0.717) is 17.4 Å². The maximum absolute atomic E-state index is 14.5. The zero-order chi connectivity index (χ0) is 24.1. The van der Waals surface area contributed by atoms with E-state index in [1.165, 1.54) is 21.3 Å². The molecule has 0 radical (unpaired) electrons. The SMILES string of the molecule is CCC(C)N(CC(C)C(C)CN(C)C(=O)OC(C)(C)C)S(=O)(=O)c1ccc(Br)cc1F. The number of carbonyl (C=O) groups excluding carboxylic acids is 1. The number of nitrogens with zero attached hydrogens (tertiary/aromatic N) is 2. The lowest BCUT2D eigenvalue weighted by molar-refractivity contribution is 0.0259. The summed E-state index contributed by atoms with van der Waals surface area (Å²) in [7, 11) is -2.36. The van der Waals surface area contributed by atoms with Crippen LogP contribution in [0.15, 0.2) is 27.6 Å². The van der Waals surface area contributed by atoms with Crippen molar-refractivity contribution in [2.75, 3.05) is 20.1 Å². The molecule has 0 fully saturated rings. The Morgan fingerprint density at radius 2 is 1.71 bits per heavy atom. The molecule has 0 saturated heterocycles. The molecule has 1 rings (SSSR count). The van der Waals surface area contributed by atoms with Gasteiger partial charge >= 0.3 is 6.09 Å². The van der Waals surface area contributed by atoms with Gasteiger partial charge in [-0.05, 0) is 64.2 Å². The number of benzene rings is 1. The van der Waals surface area contributed by atoms with Crippen molar-refractivity contribution in [1.29, 1.82) is 0 Å². The van der Waals surface area contributed by atoms with Crippen LogP contribution in [-0.2, 0) is 14.8 Å². The van der Waals surface area contributed by atoms with Crippen molar-refractivity contribution >= 4 is 32.0 Å². The summed E-state index contributed by atoms with van der Waals surface area (Å²) in [6, 6.07) is 3.66. The van der Waals surface area contributed by atoms with E-state index >= 15 is 0 Å². The molecule has 0 spiro atoms. The first-order valence-corrected chi connectivity index (χ1v) is 12.7. The molecule has 3 atom stereocenters. The third-order valence-corrected chi connectivity index (χ3v) is 7.78. The standard InChI is InChI=1S/C22H36BrFN2O4S/c1-9-17(4)26(31(28,29)20-11-10-18(23)12-19(20)24)14-16(3)15(2)13-25(8)21(27)30-22(5,6)7/h10-12,15-17H,9,13-14H2,1-8H3. The third-order valence-electron chi connectivity index (χ3n) is 5.27. The van der Waals surface area contributed by atoms with Crippen LogP contribution in [0, 0.1) is 17.7 Å². The molecule has 6 nitrogen and oxygen atoms in total. The zero-order valence-electron chi connectivity index (χ0n) is 19.8. The van der Waals surface area contributed by atoms with E-state index in [-0.39, 0.29) is 29.3 Å². The summed E-state index contributed by atoms with van der Waals surface area (Å²) in [5, 5.41) is 0. The largest absolute Gasteiger partial charge is 0.444 e. The van der Waals surface area contributed by atoms with Gasteiger partial charge in [-0.3, -0.25) is 0 Å². The van der Waals surface area contributed by atoms with Gasteiger partial charge in [0.05, 0.1) is 0 Å². The van der Waals surface area contributed by atoms with E-state index in [2.05, 4.69) is 15.9 Å². The van der Waals surface area contributed by atoms with E-state index in [4.69, 9.17) is 4.74 Å². The van der Waals surface area contributed by atoms with Gasteiger partial charge in [-0.25, -0.2) is 17.6 Å². The molecule has 0 saturated carbocycles. The highest BCUT2D eigenvalue weighted by Gasteiger charge is 2.33. The molecule has 0 aromatic heterocycles. The summed E-state index contributed by atoms with van der Waals surface area (Å²) in [6.07, 6.45) is 0.172. The van der Waals surface area contributed by atoms with Crippen LogP contribution in [0.4, 0.5) is 9.18 Å². The minimum atomic E-state index is -4.02. The Labute approximate surface area is 195 Å². The van der Waals surface area contributed by atoms with Crippen LogP contribution < -0.4 is 0 Å². The number of carbonyl (C=O) groups is 1. The summed E-state index contributed by atoms with van der Waals surface area (Å²) in [5.74, 6) is -0.866. The lowest BCUT2D eigenvalue weighted by Crippen LogP contribution is -2.44. The van der Waals surface area contributed by atoms with Crippen LogP contribution in [-0.4, -0.2) is 55.5 Å². The van der Waals surface area contributed by atoms with Crippen LogP contribution in [0.3, 0.4) is 0 Å². The Kier molecular flexibility index (Phi) is 9.97. The van der Waals surface area contributed by atoms with Gasteiger partial charge in [-0.1, -0.05) is 36.7 Å². The van der Waals surface area contributed by atoms with Gasteiger partial charge in [0.1, 0.15) is 16.3 Å². The topological polar surface area (TPSA) is 66.9 Å². The molecular weight excluding hydrogens is 487 g/mol. The lowest BCUT2D eigenvalue weighted by Gasteiger charge is -2.33. The van der Waals surface area contributed by atoms with E-state index in [9.17, 15) is 17.6 Å². The van der Waals surface area contributed by atoms with Gasteiger partial charge in [0.15, 0.2) is 0 Å². The molecule has 31 heavy (non-hydrogen) atoms. The molecule has 0 aliphatic rings. The van der Waals surface area contributed by atoms with Crippen LogP contribution in [0.5, 0.6) is 0 Å². The number of hydrogen-bond acceptors (Lipinski definition) is 4. The summed E-state index contributed by atoms with van der Waals surface area (Å²) in [6.45, 7) is 13.7. The van der Waals surface area contributed by atoms with E-state index < -0.39 is 27.5 Å². The fraction of sp³-hybridized carbons (Fsp3) is 0.682. The second-order valence-corrected chi connectivity index (χ2v) is 12.0. The Morgan fingerprint density at radius 3 is 2.19 bits per heavy atom. The van der Waals surface area contributed by atoms with Crippen molar-refractivity contribution in [2.24, 2.45) is 11.8 Å². The normalized spacial score (nSPS) is 15.5. The number of sulfonamides is 1. The first-order valence-electron chi connectivity index (χ1n) is 10.5. The summed E-state index contributed by atoms with van der Waals surface area (Å²) in [4.78, 5) is 13.4. The summed E-state index contributed by atoms with van der Waals surface area (Å²) < 4.78 is 48.3. The molecule has 0 aliphatic carbocycles. The van der Waals surface area contributed by atoms with Crippen molar-refractivity contribution < 1.29 is 22.3 Å². The number of hydrogen-bond donors (Lipinski definition) is 0. The van der Waals surface area contributed by atoms with Crippen molar-refractivity contribution in [1.82, 2.24) is 9.21 Å². The van der Waals surface area contributed by atoms with Gasteiger partial charge in [0.25, 0.3) is 0 Å². The minimum absolute atomic E-state index is 0.00552. The van der Waals surface area contributed by atoms with Crippen molar-refractivity contribution in [2.45, 2.75) is 71.4 Å². The quantitative estimate of drug-likeness (QED) is 0.428. The molecule has 1 aromatic carbocycles. The van der Waals surface area contributed by atoms with Gasteiger partial charge in [0.2, 0.25) is 10.0 Å². The van der Waals surface area contributed by atoms with Gasteiger partial charge in [0, 0.05) is 30.7 Å². The monoisotopic (exact) mass is 522 g/mol. The number of ether oxygens (including phenoxy) is 1. The molecule has 3 unspecified atom stereocenters. The Bertz CT molecular complexity index is 858. The first-order chi connectivity index (χ1) is 14.1. The highest BCUT2D eigenvalue weighted by molar-refractivity contribution is 9.10. The number of halogens is 2. The second-order valence-electron chi connectivity index (χ2n) is 9.22. The second kappa shape index (κ2) is 11.1. The van der Waals surface area contributed by atoms with Crippen LogP contribution in [0.25, 0.3) is 0 Å². The van der Waals surface area contributed by atoms with Gasteiger partial charge in [-0.15, -0.1) is 0 Å². The van der Waals surface area contributed by atoms with E-state index in [1.54, 1.807) is 27.8 Å². The Hall–Kier alpha value is -1.19. The van der Waals surface area contributed by atoms with E-state index in [0.717, 1.165) is 6.07 Å². The average Bonchev–Trinajstić information content (AvgIpc) is 2.63. The maximum atomic E-state index is 14.5. The highest BCUT2D eigenvalue weighted by atomic mass is 79.9. The molecule has 1 amide bonds. The zero-order valence-corrected chi connectivity index (χ0v) is 22.2. The highest BCUT2D eigenvalue weighted by Crippen LogP contribution is 2.27. The molecule has 0 heterocycles. The fourth-order valence-corrected chi connectivity index (χ4v) is 5.20. The smallest absolute Gasteiger partial charge is 0.410 e. The molecule has 0 bridgehead atoms. The predicted molar refractivity (Wildman–Crippen MR) is 125 cm³/mol. The van der Waals surface area contributed by atoms with Crippen molar-refractivity contribution in [3.05, 3.63) is 28.5 Å². The molecule has 9 heteroatoms. The summed E-state index contributed by atoms with van der Waals surface area (Å²) >= 11 is 3.16. The maximum Gasteiger partial charge on any atom is 0.410 e. The van der Waals surface area contributed by atoms with Crippen LogP contribution >= 0.6 is 15.9 Å². The first kappa shape index (κ1) is 27.8. The van der Waals surface area contributed by atoms with Crippen LogP contribution in [0.1, 0.15) is 54.9 Å². The predicted octanol–water partition coefficient (Wildman–Crippen LogP) is 5.52. The molecule has 0 aliphatic heterocycles. The molecule has 0 N–H and O–H groups in total. The van der Waals surface area contributed by atoms with Crippen molar-refractivity contribution in [3.63, 3.8) is 0 Å². The third kappa shape index (κ3) is 8.02.